The summed E-state index contributed by atoms with van der Waals surface area (Å²) in [6, 6.07) is 11.5. The lowest BCUT2D eigenvalue weighted by molar-refractivity contribution is 0.467. The van der Waals surface area contributed by atoms with Crippen LogP contribution in [0.25, 0.3) is 11.3 Å². The van der Waals surface area contributed by atoms with Gasteiger partial charge in [0, 0.05) is 29.5 Å². The average Bonchev–Trinajstić information content (AvgIpc) is 2.58. The number of nitrogens with one attached hydrogen (secondary N) is 1. The standard InChI is InChI=1S/C19H18ClN3O/c1-12-8-15(9-13(2)18(12)24)17-19(22-7-6-21-17)23-11-14-4-3-5-16(20)10-14/h3-10,24H,11H2,1-2H3,(H,22,23). The highest BCUT2D eigenvalue weighted by molar-refractivity contribution is 6.30. The van der Waals surface area contributed by atoms with Crippen molar-refractivity contribution < 1.29 is 5.11 Å². The third-order valence-electron chi connectivity index (χ3n) is 3.81. The molecular weight excluding hydrogens is 322 g/mol. The predicted octanol–water partition coefficient (Wildman–Crippen LogP) is 4.73. The highest BCUT2D eigenvalue weighted by atomic mass is 35.5. The quantitative estimate of drug-likeness (QED) is 0.721. The van der Waals surface area contributed by atoms with E-state index in [-0.39, 0.29) is 0 Å². The molecule has 122 valence electrons. The molecule has 0 fully saturated rings. The van der Waals surface area contributed by atoms with E-state index >= 15 is 0 Å². The van der Waals surface area contributed by atoms with Crippen molar-refractivity contribution in [1.82, 2.24) is 9.97 Å². The van der Waals surface area contributed by atoms with E-state index in [0.717, 1.165) is 27.9 Å². The van der Waals surface area contributed by atoms with Crippen LogP contribution in [0.1, 0.15) is 16.7 Å². The van der Waals surface area contributed by atoms with Gasteiger partial charge in [-0.15, -0.1) is 0 Å². The fourth-order valence-electron chi connectivity index (χ4n) is 2.60. The summed E-state index contributed by atoms with van der Waals surface area (Å²) >= 11 is 6.02. The van der Waals surface area contributed by atoms with E-state index in [2.05, 4.69) is 15.3 Å². The van der Waals surface area contributed by atoms with E-state index < -0.39 is 0 Å². The molecule has 0 saturated heterocycles. The largest absolute Gasteiger partial charge is 0.507 e. The summed E-state index contributed by atoms with van der Waals surface area (Å²) in [5.41, 5.74) is 4.38. The van der Waals surface area contributed by atoms with Crippen molar-refractivity contribution in [2.45, 2.75) is 20.4 Å². The molecule has 24 heavy (non-hydrogen) atoms. The zero-order valence-corrected chi connectivity index (χ0v) is 14.3. The Morgan fingerprint density at radius 3 is 2.46 bits per heavy atom. The summed E-state index contributed by atoms with van der Waals surface area (Å²) in [5, 5.41) is 14.0. The molecule has 0 aliphatic heterocycles. The van der Waals surface area contributed by atoms with E-state index in [1.165, 1.54) is 0 Å². The lowest BCUT2D eigenvalue weighted by Crippen LogP contribution is -2.04. The molecule has 2 aromatic carbocycles. The van der Waals surface area contributed by atoms with Gasteiger partial charge in [0.1, 0.15) is 11.4 Å². The summed E-state index contributed by atoms with van der Waals surface area (Å²) in [6.45, 7) is 4.35. The first-order chi connectivity index (χ1) is 11.5. The number of aromatic nitrogens is 2. The second-order valence-corrected chi connectivity index (χ2v) is 6.13. The number of rotatable bonds is 4. The van der Waals surface area contributed by atoms with Crippen molar-refractivity contribution in [3.63, 3.8) is 0 Å². The lowest BCUT2D eigenvalue weighted by Gasteiger charge is -2.12. The van der Waals surface area contributed by atoms with Crippen LogP contribution < -0.4 is 5.32 Å². The van der Waals surface area contributed by atoms with Crippen molar-refractivity contribution in [2.75, 3.05) is 5.32 Å². The molecule has 1 heterocycles. The number of phenolic OH excluding ortho intramolecular Hbond substituents is 1. The second-order valence-electron chi connectivity index (χ2n) is 5.70. The van der Waals surface area contributed by atoms with Gasteiger partial charge in [-0.1, -0.05) is 23.7 Å². The van der Waals surface area contributed by atoms with Crippen molar-refractivity contribution in [2.24, 2.45) is 0 Å². The van der Waals surface area contributed by atoms with Gasteiger partial charge in [0.25, 0.3) is 0 Å². The van der Waals surface area contributed by atoms with E-state index in [4.69, 9.17) is 11.6 Å². The van der Waals surface area contributed by atoms with Crippen LogP contribution >= 0.6 is 11.6 Å². The van der Waals surface area contributed by atoms with E-state index in [0.29, 0.717) is 23.1 Å². The zero-order valence-electron chi connectivity index (χ0n) is 13.5. The summed E-state index contributed by atoms with van der Waals surface area (Å²) < 4.78 is 0. The van der Waals surface area contributed by atoms with Gasteiger partial charge in [-0.2, -0.15) is 0 Å². The zero-order chi connectivity index (χ0) is 17.1. The molecular formula is C19H18ClN3O. The molecule has 0 unspecified atom stereocenters. The van der Waals surface area contributed by atoms with Gasteiger partial charge in [0.2, 0.25) is 0 Å². The Balaban J connectivity index is 1.91. The summed E-state index contributed by atoms with van der Waals surface area (Å²) in [7, 11) is 0. The fourth-order valence-corrected chi connectivity index (χ4v) is 2.82. The molecule has 0 amide bonds. The molecule has 0 bridgehead atoms. The van der Waals surface area contributed by atoms with Crippen molar-refractivity contribution >= 4 is 17.4 Å². The van der Waals surface area contributed by atoms with Crippen molar-refractivity contribution in [1.29, 1.82) is 0 Å². The number of phenols is 1. The van der Waals surface area contributed by atoms with Gasteiger partial charge in [-0.3, -0.25) is 4.98 Å². The van der Waals surface area contributed by atoms with Gasteiger partial charge in [-0.25, -0.2) is 4.98 Å². The lowest BCUT2D eigenvalue weighted by atomic mass is 10.0. The molecule has 2 N–H and O–H groups in total. The first kappa shape index (κ1) is 16.3. The molecule has 0 spiro atoms. The van der Waals surface area contributed by atoms with Crippen LogP contribution in [0.4, 0.5) is 5.82 Å². The van der Waals surface area contributed by atoms with Gasteiger partial charge in [0.15, 0.2) is 5.82 Å². The summed E-state index contributed by atoms with van der Waals surface area (Å²) in [5.74, 6) is 1.01. The van der Waals surface area contributed by atoms with Gasteiger partial charge >= 0.3 is 0 Å². The van der Waals surface area contributed by atoms with Crippen LogP contribution in [0.5, 0.6) is 5.75 Å². The van der Waals surface area contributed by atoms with E-state index in [9.17, 15) is 5.11 Å². The highest BCUT2D eigenvalue weighted by Gasteiger charge is 2.11. The van der Waals surface area contributed by atoms with Gasteiger partial charge in [-0.05, 0) is 54.8 Å². The minimum atomic E-state index is 0.316. The molecule has 0 saturated carbocycles. The third kappa shape index (κ3) is 3.49. The monoisotopic (exact) mass is 339 g/mol. The molecule has 0 aliphatic rings. The molecule has 4 nitrogen and oxygen atoms in total. The number of anilines is 1. The number of benzene rings is 2. The second kappa shape index (κ2) is 6.89. The van der Waals surface area contributed by atoms with Crippen LogP contribution in [-0.2, 0) is 6.54 Å². The molecule has 1 aromatic heterocycles. The van der Waals surface area contributed by atoms with Crippen molar-refractivity contribution in [3.8, 4) is 17.0 Å². The maximum Gasteiger partial charge on any atom is 0.152 e. The number of hydrogen-bond donors (Lipinski definition) is 2. The topological polar surface area (TPSA) is 58.0 Å². The SMILES string of the molecule is Cc1cc(-c2nccnc2NCc2cccc(Cl)c2)cc(C)c1O. The third-order valence-corrected chi connectivity index (χ3v) is 4.05. The van der Waals surface area contributed by atoms with Crippen LogP contribution in [0.15, 0.2) is 48.8 Å². The first-order valence-electron chi connectivity index (χ1n) is 7.64. The van der Waals surface area contributed by atoms with Crippen molar-refractivity contribution in [3.05, 3.63) is 70.5 Å². The van der Waals surface area contributed by atoms with Crippen LogP contribution in [0, 0.1) is 13.8 Å². The minimum absolute atomic E-state index is 0.316. The van der Waals surface area contributed by atoms with Gasteiger partial charge in [0.05, 0.1) is 0 Å². The average molecular weight is 340 g/mol. The molecule has 5 heteroatoms. The fraction of sp³-hybridized carbons (Fsp3) is 0.158. The predicted molar refractivity (Wildman–Crippen MR) is 97.4 cm³/mol. The Morgan fingerprint density at radius 2 is 1.75 bits per heavy atom. The molecule has 0 radical (unpaired) electrons. The molecule has 3 aromatic rings. The number of nitrogens with zero attached hydrogens (tertiary/aromatic N) is 2. The summed E-state index contributed by atoms with van der Waals surface area (Å²) in [6.07, 6.45) is 3.32. The number of hydrogen-bond acceptors (Lipinski definition) is 4. The van der Waals surface area contributed by atoms with E-state index in [1.807, 2.05) is 50.2 Å². The Bertz CT molecular complexity index is 857. The van der Waals surface area contributed by atoms with Crippen LogP contribution in [-0.4, -0.2) is 15.1 Å². The Morgan fingerprint density at radius 1 is 1.04 bits per heavy atom. The Labute approximate surface area is 146 Å². The smallest absolute Gasteiger partial charge is 0.152 e. The Kier molecular flexibility index (Phi) is 4.67. The number of halogens is 1. The number of aryl methyl sites for hydroxylation is 2. The Hall–Kier alpha value is -2.59. The van der Waals surface area contributed by atoms with E-state index in [1.54, 1.807) is 12.4 Å². The maximum absolute atomic E-state index is 9.96. The minimum Gasteiger partial charge on any atom is -0.507 e. The first-order valence-corrected chi connectivity index (χ1v) is 8.02. The van der Waals surface area contributed by atoms with Crippen LogP contribution in [0.2, 0.25) is 5.02 Å². The van der Waals surface area contributed by atoms with Gasteiger partial charge < -0.3 is 10.4 Å². The molecule has 3 rings (SSSR count). The summed E-state index contributed by atoms with van der Waals surface area (Å²) in [4.78, 5) is 8.86. The number of aromatic hydroxyl groups is 1. The normalized spacial score (nSPS) is 10.6. The maximum atomic E-state index is 9.96. The van der Waals surface area contributed by atoms with Crippen LogP contribution in [0.3, 0.4) is 0 Å². The molecule has 0 aliphatic carbocycles. The highest BCUT2D eigenvalue weighted by Crippen LogP contribution is 2.31. The molecule has 0 atom stereocenters.